The molecule has 0 amide bonds. The van der Waals surface area contributed by atoms with Crippen molar-refractivity contribution in [2.45, 2.75) is 43.8 Å². The van der Waals surface area contributed by atoms with Gasteiger partial charge in [-0.05, 0) is 97.8 Å². The summed E-state index contributed by atoms with van der Waals surface area (Å²) in [7, 11) is -5.52. The van der Waals surface area contributed by atoms with E-state index in [9.17, 15) is 21.8 Å². The Morgan fingerprint density at radius 3 is 1.91 bits per heavy atom. The summed E-state index contributed by atoms with van der Waals surface area (Å²) in [6.07, 6.45) is 4.72. The summed E-state index contributed by atoms with van der Waals surface area (Å²) in [6, 6.07) is 21.4. The van der Waals surface area contributed by atoms with Crippen molar-refractivity contribution in [1.29, 1.82) is 0 Å². The second kappa shape index (κ2) is 9.19. The van der Waals surface area contributed by atoms with Gasteiger partial charge < -0.3 is 4.55 Å². The van der Waals surface area contributed by atoms with Gasteiger partial charge in [0.25, 0.3) is 0 Å². The van der Waals surface area contributed by atoms with Crippen LogP contribution in [0.2, 0.25) is 0 Å². The monoisotopic (exact) mass is 586 g/mol. The summed E-state index contributed by atoms with van der Waals surface area (Å²) in [4.78, 5) is 0. The van der Waals surface area contributed by atoms with Gasteiger partial charge in [0.1, 0.15) is 0 Å². The van der Waals surface area contributed by atoms with Crippen molar-refractivity contribution in [3.05, 3.63) is 67.8 Å². The number of hydrogen-bond acceptors (Lipinski definition) is 3. The molecule has 0 radical (unpaired) electrons. The number of hydrogen-bond donors (Lipinski definition) is 0. The van der Waals surface area contributed by atoms with Crippen LogP contribution in [0.5, 0.6) is 0 Å². The van der Waals surface area contributed by atoms with E-state index in [0.717, 1.165) is 12.3 Å². The standard InChI is InChI=1S/C14H20F2O3S.C12H10I/c15-14(16,20(17,18)19)6-10-4-9-5-11(10)13-8-2-1-7(3-8)12(9)13;1-3-7-11(8-4-1)13-12-9-5-2-6-10-12/h7-13H,1-6H2,(H,17,18,19);1-10H/q;+1/p-1. The minimum Gasteiger partial charge on any atom is -0.743 e. The van der Waals surface area contributed by atoms with Gasteiger partial charge in [-0.1, -0.05) is 36.4 Å². The minimum absolute atomic E-state index is 0.0287. The molecular weight excluding hydrogens is 557 g/mol. The molecule has 2 aromatic carbocycles. The molecule has 7 unspecified atom stereocenters. The van der Waals surface area contributed by atoms with Crippen molar-refractivity contribution in [3.63, 3.8) is 0 Å². The zero-order valence-electron chi connectivity index (χ0n) is 18.3. The van der Waals surface area contributed by atoms with Crippen molar-refractivity contribution in [2.24, 2.45) is 41.4 Å². The Morgan fingerprint density at radius 2 is 1.36 bits per heavy atom. The molecule has 33 heavy (non-hydrogen) atoms. The second-order valence-electron chi connectivity index (χ2n) is 10.1. The van der Waals surface area contributed by atoms with Crippen LogP contribution in [0.25, 0.3) is 0 Å². The van der Waals surface area contributed by atoms with Crippen LogP contribution >= 0.6 is 0 Å². The fraction of sp³-hybridized carbons (Fsp3) is 0.538. The third-order valence-electron chi connectivity index (χ3n) is 8.42. The first kappa shape index (κ1) is 23.7. The van der Waals surface area contributed by atoms with Crippen molar-refractivity contribution in [2.75, 3.05) is 0 Å². The Labute approximate surface area is 205 Å². The maximum atomic E-state index is 13.5. The van der Waals surface area contributed by atoms with Crippen LogP contribution in [0.3, 0.4) is 0 Å². The number of fused-ring (bicyclic) bond motifs is 9. The maximum absolute atomic E-state index is 13.5. The molecule has 0 aliphatic heterocycles. The predicted octanol–water partition coefficient (Wildman–Crippen LogP) is 2.65. The van der Waals surface area contributed by atoms with Gasteiger partial charge >= 0.3 is 26.5 Å². The van der Waals surface area contributed by atoms with Crippen molar-refractivity contribution in [1.82, 2.24) is 0 Å². The lowest BCUT2D eigenvalue weighted by Crippen LogP contribution is -3.61. The van der Waals surface area contributed by atoms with E-state index in [1.165, 1.54) is 26.4 Å². The van der Waals surface area contributed by atoms with Crippen molar-refractivity contribution in [3.8, 4) is 0 Å². The van der Waals surface area contributed by atoms with Crippen molar-refractivity contribution < 1.29 is 43.0 Å². The van der Waals surface area contributed by atoms with E-state index in [1.54, 1.807) is 0 Å². The van der Waals surface area contributed by atoms with E-state index in [1.807, 2.05) is 0 Å². The lowest BCUT2D eigenvalue weighted by Gasteiger charge is -2.39. The highest BCUT2D eigenvalue weighted by atomic mass is 127. The molecule has 0 heterocycles. The van der Waals surface area contributed by atoms with Gasteiger partial charge in [-0.3, -0.25) is 0 Å². The number of alkyl halides is 2. The van der Waals surface area contributed by atoms with Crippen LogP contribution in [0.4, 0.5) is 8.78 Å². The highest BCUT2D eigenvalue weighted by Crippen LogP contribution is 2.69. The van der Waals surface area contributed by atoms with Crippen LogP contribution in [0, 0.1) is 48.6 Å². The average Bonchev–Trinajstić information content (AvgIpc) is 3.55. The van der Waals surface area contributed by atoms with Crippen LogP contribution in [-0.4, -0.2) is 18.2 Å². The van der Waals surface area contributed by atoms with Crippen LogP contribution in [0.15, 0.2) is 60.7 Å². The number of rotatable bonds is 5. The molecule has 4 aliphatic rings. The van der Waals surface area contributed by atoms with E-state index < -0.39 is 21.8 Å². The third-order valence-corrected chi connectivity index (χ3v) is 12.0. The fourth-order valence-corrected chi connectivity index (χ4v) is 10.1. The molecule has 3 nitrogen and oxygen atoms in total. The summed E-state index contributed by atoms with van der Waals surface area (Å²) < 4.78 is 62.1. The van der Waals surface area contributed by atoms with Crippen LogP contribution in [0.1, 0.15) is 38.5 Å². The van der Waals surface area contributed by atoms with Gasteiger partial charge in [0, 0.05) is 6.42 Å². The molecule has 4 saturated carbocycles. The Hall–Kier alpha value is -1.06. The van der Waals surface area contributed by atoms with Gasteiger partial charge in [0.2, 0.25) is 0 Å². The van der Waals surface area contributed by atoms with Gasteiger partial charge in [-0.15, -0.1) is 0 Å². The molecule has 0 spiro atoms. The number of benzene rings is 2. The van der Waals surface area contributed by atoms with Gasteiger partial charge in [0.15, 0.2) is 17.3 Å². The molecule has 4 bridgehead atoms. The molecule has 178 valence electrons. The Morgan fingerprint density at radius 1 is 0.818 bits per heavy atom. The summed E-state index contributed by atoms with van der Waals surface area (Å²) in [5.74, 6) is 3.22. The molecule has 2 aromatic rings. The van der Waals surface area contributed by atoms with Crippen molar-refractivity contribution >= 4 is 10.1 Å². The summed E-state index contributed by atoms with van der Waals surface area (Å²) in [5.41, 5.74) is 0. The zero-order chi connectivity index (χ0) is 23.2. The highest BCUT2D eigenvalue weighted by Gasteiger charge is 2.63. The molecule has 0 aromatic heterocycles. The van der Waals surface area contributed by atoms with E-state index in [0.29, 0.717) is 30.1 Å². The topological polar surface area (TPSA) is 57.2 Å². The highest BCUT2D eigenvalue weighted by molar-refractivity contribution is 7.86. The molecule has 0 saturated heterocycles. The summed E-state index contributed by atoms with van der Waals surface area (Å²) in [5, 5.41) is -4.09. The first-order valence-corrected chi connectivity index (χ1v) is 15.4. The van der Waals surface area contributed by atoms with E-state index in [-0.39, 0.29) is 33.0 Å². The summed E-state index contributed by atoms with van der Waals surface area (Å²) >= 11 is 0.0287. The lowest BCUT2D eigenvalue weighted by atomic mass is 9.67. The zero-order valence-corrected chi connectivity index (χ0v) is 21.3. The van der Waals surface area contributed by atoms with Crippen LogP contribution in [-0.2, 0) is 10.1 Å². The van der Waals surface area contributed by atoms with Gasteiger partial charge in [0.05, 0.1) is 0 Å². The Balaban J connectivity index is 0.000000152. The van der Waals surface area contributed by atoms with Crippen LogP contribution < -0.4 is 21.2 Å². The van der Waals surface area contributed by atoms with E-state index in [4.69, 9.17) is 0 Å². The minimum atomic E-state index is -5.52. The normalized spacial score (nSPS) is 34.1. The quantitative estimate of drug-likeness (QED) is 0.308. The fourth-order valence-electron chi connectivity index (χ4n) is 7.43. The average molecular weight is 586 g/mol. The molecule has 0 N–H and O–H groups in total. The van der Waals surface area contributed by atoms with E-state index in [2.05, 4.69) is 60.7 Å². The molecule has 7 heteroatoms. The summed E-state index contributed by atoms with van der Waals surface area (Å²) in [6.45, 7) is 0. The Bertz CT molecular complexity index is 1030. The van der Waals surface area contributed by atoms with Gasteiger partial charge in [-0.25, -0.2) is 8.42 Å². The molecular formula is C26H29F2IO3S. The largest absolute Gasteiger partial charge is 0.743 e. The van der Waals surface area contributed by atoms with Gasteiger partial charge in [-0.2, -0.15) is 8.78 Å². The predicted molar refractivity (Wildman–Crippen MR) is 117 cm³/mol. The smallest absolute Gasteiger partial charge is 0.357 e. The van der Waals surface area contributed by atoms with E-state index >= 15 is 0 Å². The molecule has 7 atom stereocenters. The first-order valence-electron chi connectivity index (χ1n) is 11.8. The molecule has 4 fully saturated rings. The second-order valence-corrected chi connectivity index (χ2v) is 14.7. The number of halogens is 3. The first-order chi connectivity index (χ1) is 15.7. The SMILES string of the molecule is O=S(=O)([O-])C(F)(F)CC1CC2CC1C1C3CCC(C3)C21.c1ccc([I+]c2ccccc2)cc1. The molecule has 4 aliphatic carbocycles. The third kappa shape index (κ3) is 4.74. The Kier molecular flexibility index (Phi) is 6.59. The maximum Gasteiger partial charge on any atom is 0.357 e. The molecule has 6 rings (SSSR count). The lowest BCUT2D eigenvalue weighted by molar-refractivity contribution is -0.597.